The standard InChI is InChI=1S/C12H9BrN2O2/c1-8-2-4-9(5-3-8)12-11(15(16)17)6-10(13)7-14-12/h2-7H,1H3. The fourth-order valence-corrected chi connectivity index (χ4v) is 1.82. The molecule has 0 aliphatic heterocycles. The van der Waals surface area contributed by atoms with Crippen LogP contribution >= 0.6 is 15.9 Å². The predicted octanol–water partition coefficient (Wildman–Crippen LogP) is 3.73. The molecule has 1 heterocycles. The van der Waals surface area contributed by atoms with Gasteiger partial charge in [0.05, 0.1) is 4.92 Å². The van der Waals surface area contributed by atoms with Crippen LogP contribution in [0.25, 0.3) is 11.3 Å². The van der Waals surface area contributed by atoms with Crippen molar-refractivity contribution in [2.75, 3.05) is 0 Å². The van der Waals surface area contributed by atoms with Gasteiger partial charge in [0.2, 0.25) is 0 Å². The summed E-state index contributed by atoms with van der Waals surface area (Å²) in [6.45, 7) is 1.97. The largest absolute Gasteiger partial charge is 0.296 e. The average molecular weight is 293 g/mol. The Kier molecular flexibility index (Phi) is 3.19. The Morgan fingerprint density at radius 3 is 2.53 bits per heavy atom. The summed E-state index contributed by atoms with van der Waals surface area (Å²) in [6, 6.07) is 8.94. The Morgan fingerprint density at radius 1 is 1.29 bits per heavy atom. The minimum atomic E-state index is -0.424. The summed E-state index contributed by atoms with van der Waals surface area (Å²) in [4.78, 5) is 14.6. The molecule has 0 amide bonds. The van der Waals surface area contributed by atoms with Gasteiger partial charge in [-0.05, 0) is 22.9 Å². The predicted molar refractivity (Wildman–Crippen MR) is 68.8 cm³/mol. The second-order valence-corrected chi connectivity index (χ2v) is 4.56. The van der Waals surface area contributed by atoms with Crippen LogP contribution in [0.3, 0.4) is 0 Å². The first-order chi connectivity index (χ1) is 8.08. The molecule has 0 aliphatic carbocycles. The second kappa shape index (κ2) is 4.63. The summed E-state index contributed by atoms with van der Waals surface area (Å²) in [6.07, 6.45) is 1.56. The topological polar surface area (TPSA) is 56.0 Å². The number of halogens is 1. The Morgan fingerprint density at radius 2 is 1.94 bits per heavy atom. The summed E-state index contributed by atoms with van der Waals surface area (Å²) in [5.41, 5.74) is 2.24. The maximum atomic E-state index is 11.0. The number of rotatable bonds is 2. The van der Waals surface area contributed by atoms with Crippen molar-refractivity contribution in [2.24, 2.45) is 0 Å². The van der Waals surface area contributed by atoms with Crippen molar-refractivity contribution in [3.63, 3.8) is 0 Å². The summed E-state index contributed by atoms with van der Waals surface area (Å²) in [5.74, 6) is 0. The van der Waals surface area contributed by atoms with E-state index in [-0.39, 0.29) is 5.69 Å². The van der Waals surface area contributed by atoms with Gasteiger partial charge in [0.1, 0.15) is 5.69 Å². The number of nitro groups is 1. The fourth-order valence-electron chi connectivity index (χ4n) is 1.50. The second-order valence-electron chi connectivity index (χ2n) is 3.64. The lowest BCUT2D eigenvalue weighted by atomic mass is 10.1. The normalized spacial score (nSPS) is 10.2. The minimum Gasteiger partial charge on any atom is -0.258 e. The SMILES string of the molecule is Cc1ccc(-c2ncc(Br)cc2[N+](=O)[O-])cc1. The third-order valence-corrected chi connectivity index (χ3v) is 2.79. The third-order valence-electron chi connectivity index (χ3n) is 2.36. The molecule has 0 atom stereocenters. The average Bonchev–Trinajstić information content (AvgIpc) is 2.30. The van der Waals surface area contributed by atoms with Gasteiger partial charge in [-0.1, -0.05) is 29.8 Å². The Balaban J connectivity index is 2.58. The summed E-state index contributed by atoms with van der Waals surface area (Å²) in [7, 11) is 0. The summed E-state index contributed by atoms with van der Waals surface area (Å²) >= 11 is 3.18. The van der Waals surface area contributed by atoms with Crippen LogP contribution in [-0.4, -0.2) is 9.91 Å². The molecule has 0 aliphatic rings. The van der Waals surface area contributed by atoms with E-state index in [4.69, 9.17) is 0 Å². The van der Waals surface area contributed by atoms with Gasteiger partial charge in [-0.2, -0.15) is 0 Å². The number of aromatic nitrogens is 1. The van der Waals surface area contributed by atoms with E-state index in [1.165, 1.54) is 6.07 Å². The number of hydrogen-bond acceptors (Lipinski definition) is 3. The summed E-state index contributed by atoms with van der Waals surface area (Å²) in [5, 5.41) is 11.0. The van der Waals surface area contributed by atoms with Crippen LogP contribution in [-0.2, 0) is 0 Å². The van der Waals surface area contributed by atoms with E-state index in [0.29, 0.717) is 10.2 Å². The molecular weight excluding hydrogens is 284 g/mol. The van der Waals surface area contributed by atoms with E-state index in [1.54, 1.807) is 6.20 Å². The summed E-state index contributed by atoms with van der Waals surface area (Å²) < 4.78 is 0.597. The molecule has 2 rings (SSSR count). The number of pyridine rings is 1. The molecule has 0 fully saturated rings. The molecule has 1 aromatic carbocycles. The van der Waals surface area contributed by atoms with Crippen LogP contribution in [0.5, 0.6) is 0 Å². The molecule has 0 saturated heterocycles. The molecule has 86 valence electrons. The van der Waals surface area contributed by atoms with Crippen molar-refractivity contribution in [1.82, 2.24) is 4.98 Å². The first-order valence-electron chi connectivity index (χ1n) is 4.95. The van der Waals surface area contributed by atoms with Gasteiger partial charge in [-0.15, -0.1) is 0 Å². The van der Waals surface area contributed by atoms with Crippen molar-refractivity contribution in [1.29, 1.82) is 0 Å². The Bertz CT molecular complexity index is 567. The number of nitrogens with zero attached hydrogens (tertiary/aromatic N) is 2. The van der Waals surface area contributed by atoms with Crippen LogP contribution in [0, 0.1) is 17.0 Å². The molecule has 0 unspecified atom stereocenters. The first-order valence-corrected chi connectivity index (χ1v) is 5.74. The quantitative estimate of drug-likeness (QED) is 0.626. The van der Waals surface area contributed by atoms with Crippen LogP contribution in [0.2, 0.25) is 0 Å². The maximum absolute atomic E-state index is 11.0. The van der Waals surface area contributed by atoms with E-state index in [0.717, 1.165) is 11.1 Å². The molecular formula is C12H9BrN2O2. The number of aryl methyl sites for hydroxylation is 1. The molecule has 0 spiro atoms. The minimum absolute atomic E-state index is 0.00299. The smallest absolute Gasteiger partial charge is 0.258 e. The zero-order valence-electron chi connectivity index (χ0n) is 9.05. The lowest BCUT2D eigenvalue weighted by molar-refractivity contribution is -0.384. The van der Waals surface area contributed by atoms with Crippen LogP contribution in [0.1, 0.15) is 5.56 Å². The highest BCUT2D eigenvalue weighted by atomic mass is 79.9. The molecule has 2 aromatic rings. The van der Waals surface area contributed by atoms with Gasteiger partial charge in [-0.3, -0.25) is 10.1 Å². The van der Waals surface area contributed by atoms with Crippen molar-refractivity contribution >= 4 is 21.6 Å². The monoisotopic (exact) mass is 292 g/mol. The zero-order chi connectivity index (χ0) is 12.4. The lowest BCUT2D eigenvalue weighted by Crippen LogP contribution is -1.94. The molecule has 0 bridgehead atoms. The van der Waals surface area contributed by atoms with E-state index >= 15 is 0 Å². The van der Waals surface area contributed by atoms with E-state index < -0.39 is 4.92 Å². The van der Waals surface area contributed by atoms with E-state index in [9.17, 15) is 10.1 Å². The molecule has 17 heavy (non-hydrogen) atoms. The Labute approximate surface area is 107 Å². The van der Waals surface area contributed by atoms with Crippen LogP contribution in [0.4, 0.5) is 5.69 Å². The first kappa shape index (κ1) is 11.7. The lowest BCUT2D eigenvalue weighted by Gasteiger charge is -2.03. The van der Waals surface area contributed by atoms with Crippen LogP contribution in [0.15, 0.2) is 41.0 Å². The van der Waals surface area contributed by atoms with E-state index in [1.807, 2.05) is 31.2 Å². The number of hydrogen-bond donors (Lipinski definition) is 0. The third kappa shape index (κ3) is 2.50. The molecule has 0 radical (unpaired) electrons. The fraction of sp³-hybridized carbons (Fsp3) is 0.0833. The zero-order valence-corrected chi connectivity index (χ0v) is 10.6. The van der Waals surface area contributed by atoms with Gasteiger partial charge < -0.3 is 0 Å². The molecule has 1 aromatic heterocycles. The molecule has 0 N–H and O–H groups in total. The molecule has 0 saturated carbocycles. The van der Waals surface area contributed by atoms with Crippen molar-refractivity contribution in [2.45, 2.75) is 6.92 Å². The Hall–Kier alpha value is -1.75. The van der Waals surface area contributed by atoms with Crippen molar-refractivity contribution in [3.05, 3.63) is 56.7 Å². The highest BCUT2D eigenvalue weighted by Crippen LogP contribution is 2.29. The highest BCUT2D eigenvalue weighted by molar-refractivity contribution is 9.10. The van der Waals surface area contributed by atoms with Gasteiger partial charge in [-0.25, -0.2) is 4.98 Å². The van der Waals surface area contributed by atoms with Crippen molar-refractivity contribution < 1.29 is 4.92 Å². The molecule has 4 nitrogen and oxygen atoms in total. The maximum Gasteiger partial charge on any atom is 0.296 e. The van der Waals surface area contributed by atoms with Gasteiger partial charge in [0.15, 0.2) is 0 Å². The highest BCUT2D eigenvalue weighted by Gasteiger charge is 2.17. The number of benzene rings is 1. The van der Waals surface area contributed by atoms with Crippen molar-refractivity contribution in [3.8, 4) is 11.3 Å². The van der Waals surface area contributed by atoms with Gasteiger partial charge in [0.25, 0.3) is 5.69 Å². The van der Waals surface area contributed by atoms with Crippen LogP contribution < -0.4 is 0 Å². The van der Waals surface area contributed by atoms with E-state index in [2.05, 4.69) is 20.9 Å². The van der Waals surface area contributed by atoms with Gasteiger partial charge >= 0.3 is 0 Å². The van der Waals surface area contributed by atoms with Gasteiger partial charge in [0, 0.05) is 22.3 Å². The molecule has 5 heteroatoms.